The average molecular weight is 236 g/mol. The van der Waals surface area contributed by atoms with Gasteiger partial charge in [0, 0.05) is 0 Å². The summed E-state index contributed by atoms with van der Waals surface area (Å²) in [4.78, 5) is 0. The highest BCUT2D eigenvalue weighted by atomic mass is 14.0. The van der Waals surface area contributed by atoms with Crippen LogP contribution in [0.15, 0.2) is 24.8 Å². The molecule has 17 heavy (non-hydrogen) atoms. The fourth-order valence-electron chi connectivity index (χ4n) is 2.01. The van der Waals surface area contributed by atoms with Crippen molar-refractivity contribution in [3.05, 3.63) is 24.8 Å². The Bertz CT molecular complexity index is 167. The molecule has 0 rings (SSSR count). The number of allylic oxidation sites excluding steroid dienone is 3. The molecule has 0 radical (unpaired) electrons. The lowest BCUT2D eigenvalue weighted by molar-refractivity contribution is 0.577. The highest BCUT2D eigenvalue weighted by molar-refractivity contribution is 4.82. The minimum atomic E-state index is 1.15. The van der Waals surface area contributed by atoms with Gasteiger partial charge in [-0.25, -0.2) is 0 Å². The van der Waals surface area contributed by atoms with Crippen LogP contribution in [0, 0.1) is 0 Å². The Morgan fingerprint density at radius 2 is 1.18 bits per heavy atom. The lowest BCUT2D eigenvalue weighted by Crippen LogP contribution is -1.80. The lowest BCUT2D eigenvalue weighted by Gasteiger charge is -1.99. The molecule has 0 atom stereocenters. The Hall–Kier alpha value is -0.520. The second-order valence-electron chi connectivity index (χ2n) is 4.95. The summed E-state index contributed by atoms with van der Waals surface area (Å²) < 4.78 is 0. The third-order valence-electron chi connectivity index (χ3n) is 3.17. The normalized spacial score (nSPS) is 11.1. The van der Waals surface area contributed by atoms with E-state index in [2.05, 4.69) is 25.7 Å². The highest BCUT2D eigenvalue weighted by Gasteiger charge is 1.90. The van der Waals surface area contributed by atoms with Gasteiger partial charge >= 0.3 is 0 Å². The summed E-state index contributed by atoms with van der Waals surface area (Å²) in [7, 11) is 0. The van der Waals surface area contributed by atoms with Crippen LogP contribution in [0.4, 0.5) is 0 Å². The fraction of sp³-hybridized carbons (Fsp3) is 0.765. The maximum absolute atomic E-state index is 3.73. The molecule has 0 fully saturated rings. The summed E-state index contributed by atoms with van der Waals surface area (Å²) in [6.07, 6.45) is 23.0. The molecule has 0 saturated heterocycles. The topological polar surface area (TPSA) is 0 Å². The second kappa shape index (κ2) is 15.5. The third kappa shape index (κ3) is 15.5. The highest BCUT2D eigenvalue weighted by Crippen LogP contribution is 2.10. The molecular formula is C17H32. The number of hydrogen-bond donors (Lipinski definition) is 0. The molecule has 0 aromatic carbocycles. The summed E-state index contributed by atoms with van der Waals surface area (Å²) in [5.74, 6) is 0. The molecule has 0 saturated carbocycles. The van der Waals surface area contributed by atoms with E-state index in [0.717, 1.165) is 6.42 Å². The van der Waals surface area contributed by atoms with Crippen molar-refractivity contribution >= 4 is 0 Å². The zero-order chi connectivity index (χ0) is 12.6. The monoisotopic (exact) mass is 236 g/mol. The van der Waals surface area contributed by atoms with E-state index in [1.165, 1.54) is 70.6 Å². The molecule has 0 nitrogen and oxygen atoms in total. The second-order valence-corrected chi connectivity index (χ2v) is 4.95. The molecule has 0 heterocycles. The molecule has 100 valence electrons. The summed E-state index contributed by atoms with van der Waals surface area (Å²) in [5, 5.41) is 0. The minimum Gasteiger partial charge on any atom is -0.103 e. The predicted octanol–water partition coefficient (Wildman–Crippen LogP) is 6.43. The van der Waals surface area contributed by atoms with Crippen LogP contribution in [0.3, 0.4) is 0 Å². The Balaban J connectivity index is 3.00. The Kier molecular flexibility index (Phi) is 15.0. The molecule has 0 aliphatic carbocycles. The molecule has 0 spiro atoms. The van der Waals surface area contributed by atoms with Gasteiger partial charge in [0.1, 0.15) is 0 Å². The number of hydrogen-bond acceptors (Lipinski definition) is 0. The van der Waals surface area contributed by atoms with Gasteiger partial charge in [-0.1, -0.05) is 70.1 Å². The van der Waals surface area contributed by atoms with E-state index in [4.69, 9.17) is 0 Å². The van der Waals surface area contributed by atoms with E-state index in [1.807, 2.05) is 6.08 Å². The van der Waals surface area contributed by atoms with Gasteiger partial charge < -0.3 is 0 Å². The Morgan fingerprint density at radius 1 is 0.647 bits per heavy atom. The smallest absolute Gasteiger partial charge is 0.0348 e. The van der Waals surface area contributed by atoms with Crippen LogP contribution in [-0.4, -0.2) is 0 Å². The van der Waals surface area contributed by atoms with Crippen molar-refractivity contribution in [1.29, 1.82) is 0 Å². The zero-order valence-electron chi connectivity index (χ0n) is 11.9. The van der Waals surface area contributed by atoms with Gasteiger partial charge in [-0.3, -0.25) is 0 Å². The van der Waals surface area contributed by atoms with Gasteiger partial charge in [-0.05, 0) is 32.1 Å². The molecule has 0 unspecified atom stereocenters. The SMILES string of the molecule is C=CCCCC=CCCCCCCCCCC. The van der Waals surface area contributed by atoms with Crippen LogP contribution in [-0.2, 0) is 0 Å². The Labute approximate surface area is 109 Å². The van der Waals surface area contributed by atoms with Gasteiger partial charge in [-0.15, -0.1) is 6.58 Å². The van der Waals surface area contributed by atoms with Crippen molar-refractivity contribution in [2.24, 2.45) is 0 Å². The summed E-state index contributed by atoms with van der Waals surface area (Å²) in [6.45, 7) is 6.01. The maximum atomic E-state index is 3.73. The largest absolute Gasteiger partial charge is 0.103 e. The average Bonchev–Trinajstić information content (AvgIpc) is 2.35. The first kappa shape index (κ1) is 16.5. The van der Waals surface area contributed by atoms with Gasteiger partial charge in [-0.2, -0.15) is 0 Å². The van der Waals surface area contributed by atoms with Crippen molar-refractivity contribution in [1.82, 2.24) is 0 Å². The van der Waals surface area contributed by atoms with Crippen LogP contribution in [0.2, 0.25) is 0 Å². The summed E-state index contributed by atoms with van der Waals surface area (Å²) >= 11 is 0. The van der Waals surface area contributed by atoms with Crippen LogP contribution in [0.25, 0.3) is 0 Å². The number of unbranched alkanes of at least 4 members (excludes halogenated alkanes) is 10. The molecule has 0 aromatic rings. The van der Waals surface area contributed by atoms with Crippen molar-refractivity contribution < 1.29 is 0 Å². The summed E-state index contributed by atoms with van der Waals surface area (Å²) in [6, 6.07) is 0. The van der Waals surface area contributed by atoms with Gasteiger partial charge in [0.2, 0.25) is 0 Å². The van der Waals surface area contributed by atoms with Gasteiger partial charge in [0.25, 0.3) is 0 Å². The zero-order valence-corrected chi connectivity index (χ0v) is 11.9. The molecule has 0 aliphatic heterocycles. The van der Waals surface area contributed by atoms with Crippen molar-refractivity contribution in [2.75, 3.05) is 0 Å². The Morgan fingerprint density at radius 3 is 1.76 bits per heavy atom. The van der Waals surface area contributed by atoms with Crippen molar-refractivity contribution in [2.45, 2.75) is 84.0 Å². The van der Waals surface area contributed by atoms with Crippen LogP contribution < -0.4 is 0 Å². The first-order valence-electron chi connectivity index (χ1n) is 7.67. The quantitative estimate of drug-likeness (QED) is 0.255. The van der Waals surface area contributed by atoms with Crippen molar-refractivity contribution in [3.8, 4) is 0 Å². The lowest BCUT2D eigenvalue weighted by atomic mass is 10.1. The molecular weight excluding hydrogens is 204 g/mol. The van der Waals surface area contributed by atoms with Gasteiger partial charge in [0.05, 0.1) is 0 Å². The van der Waals surface area contributed by atoms with Crippen LogP contribution in [0.5, 0.6) is 0 Å². The van der Waals surface area contributed by atoms with E-state index in [1.54, 1.807) is 0 Å². The van der Waals surface area contributed by atoms with Crippen LogP contribution >= 0.6 is 0 Å². The van der Waals surface area contributed by atoms with E-state index >= 15 is 0 Å². The predicted molar refractivity (Wildman–Crippen MR) is 80.4 cm³/mol. The van der Waals surface area contributed by atoms with E-state index in [0.29, 0.717) is 0 Å². The van der Waals surface area contributed by atoms with Gasteiger partial charge in [0.15, 0.2) is 0 Å². The standard InChI is InChI=1S/C17H32/c1-3-5-7-9-11-13-15-17-16-14-12-10-8-6-4-2/h3,11,13H,1,4-10,12,14-17H2,2H3. The first-order chi connectivity index (χ1) is 8.41. The molecule has 0 aliphatic rings. The molecule has 0 amide bonds. The number of rotatable bonds is 13. The summed E-state index contributed by atoms with van der Waals surface area (Å²) in [5.41, 5.74) is 0. The first-order valence-corrected chi connectivity index (χ1v) is 7.67. The third-order valence-corrected chi connectivity index (χ3v) is 3.17. The molecule has 0 heteroatoms. The van der Waals surface area contributed by atoms with E-state index in [-0.39, 0.29) is 0 Å². The molecule has 0 aromatic heterocycles. The molecule has 0 bridgehead atoms. The van der Waals surface area contributed by atoms with E-state index in [9.17, 15) is 0 Å². The van der Waals surface area contributed by atoms with Crippen molar-refractivity contribution in [3.63, 3.8) is 0 Å². The fourth-order valence-corrected chi connectivity index (χ4v) is 2.01. The molecule has 0 N–H and O–H groups in total. The minimum absolute atomic E-state index is 1.15. The maximum Gasteiger partial charge on any atom is -0.0348 e. The van der Waals surface area contributed by atoms with Crippen LogP contribution in [0.1, 0.15) is 84.0 Å². The van der Waals surface area contributed by atoms with E-state index < -0.39 is 0 Å².